The molecule has 0 unspecified atom stereocenters. The first-order valence-electron chi connectivity index (χ1n) is 7.34. The second kappa shape index (κ2) is 10.8. The Morgan fingerprint density at radius 2 is 1.80 bits per heavy atom. The third kappa shape index (κ3) is 6.49. The Labute approximate surface area is 130 Å². The molecule has 20 heavy (non-hydrogen) atoms. The topological polar surface area (TPSA) is 17.1 Å². The molecular weight excluding hydrogens is 284 g/mol. The highest BCUT2D eigenvalue weighted by atomic mass is 32.1. The van der Waals surface area contributed by atoms with Crippen molar-refractivity contribution in [3.05, 3.63) is 44.3 Å². The quantitative estimate of drug-likeness (QED) is 0.574. The number of aryl methyl sites for hydroxylation is 2. The van der Waals surface area contributed by atoms with Gasteiger partial charge in [-0.15, -0.1) is 11.3 Å². The van der Waals surface area contributed by atoms with Crippen LogP contribution in [0.3, 0.4) is 0 Å². The molecule has 110 valence electrons. The van der Waals surface area contributed by atoms with Crippen LogP contribution >= 0.6 is 22.7 Å². The van der Waals surface area contributed by atoms with Gasteiger partial charge in [0.25, 0.3) is 0 Å². The van der Waals surface area contributed by atoms with Gasteiger partial charge in [0.2, 0.25) is 0 Å². The second-order valence-corrected chi connectivity index (χ2v) is 6.49. The van der Waals surface area contributed by atoms with E-state index in [0.29, 0.717) is 0 Å². The molecule has 0 saturated heterocycles. The van der Waals surface area contributed by atoms with Gasteiger partial charge in [-0.05, 0) is 65.1 Å². The van der Waals surface area contributed by atoms with Gasteiger partial charge in [0, 0.05) is 0 Å². The minimum absolute atomic E-state index is 0.901. The van der Waals surface area contributed by atoms with E-state index in [0.717, 1.165) is 17.6 Å². The molecular formula is C17H24OS2. The zero-order valence-corrected chi connectivity index (χ0v) is 14.1. The van der Waals surface area contributed by atoms with E-state index in [2.05, 4.69) is 30.7 Å². The van der Waals surface area contributed by atoms with E-state index < -0.39 is 0 Å². The summed E-state index contributed by atoms with van der Waals surface area (Å²) in [6.45, 7) is 4.39. The molecule has 0 aliphatic heterocycles. The lowest BCUT2D eigenvalue weighted by Crippen LogP contribution is -1.85. The van der Waals surface area contributed by atoms with Crippen molar-refractivity contribution in [2.24, 2.45) is 0 Å². The third-order valence-electron chi connectivity index (χ3n) is 3.09. The highest BCUT2D eigenvalue weighted by molar-refractivity contribution is 7.11. The fraction of sp³-hybridized carbons (Fsp3) is 0.471. The van der Waals surface area contributed by atoms with Crippen LogP contribution in [0.1, 0.15) is 60.3 Å². The van der Waals surface area contributed by atoms with Gasteiger partial charge in [0.15, 0.2) is 6.29 Å². The normalized spacial score (nSPS) is 9.90. The summed E-state index contributed by atoms with van der Waals surface area (Å²) < 4.78 is 0. The van der Waals surface area contributed by atoms with Gasteiger partial charge < -0.3 is 0 Å². The molecule has 0 N–H and O–H groups in total. The minimum Gasteiger partial charge on any atom is -0.297 e. The Bertz CT molecular complexity index is 457. The summed E-state index contributed by atoms with van der Waals surface area (Å²) >= 11 is 3.32. The number of hydrogen-bond donors (Lipinski definition) is 0. The number of rotatable bonds is 7. The molecule has 0 saturated carbocycles. The zero-order valence-electron chi connectivity index (χ0n) is 12.4. The lowest BCUT2D eigenvalue weighted by Gasteiger charge is -1.94. The summed E-state index contributed by atoms with van der Waals surface area (Å²) in [5, 5.41) is 6.36. The number of aldehydes is 1. The summed E-state index contributed by atoms with van der Waals surface area (Å²) in [5.41, 5.74) is 2.72. The molecule has 3 heteroatoms. The molecule has 2 aromatic heterocycles. The van der Waals surface area contributed by atoms with Crippen LogP contribution in [-0.2, 0) is 12.8 Å². The van der Waals surface area contributed by atoms with Crippen LogP contribution in [0.5, 0.6) is 0 Å². The van der Waals surface area contributed by atoms with Crippen LogP contribution in [0, 0.1) is 0 Å². The lowest BCUT2D eigenvalue weighted by atomic mass is 10.1. The van der Waals surface area contributed by atoms with Crippen molar-refractivity contribution in [2.45, 2.75) is 52.4 Å². The highest BCUT2D eigenvalue weighted by Gasteiger charge is 2.00. The predicted molar refractivity (Wildman–Crippen MR) is 91.2 cm³/mol. The summed E-state index contributed by atoms with van der Waals surface area (Å²) in [6, 6.07) is 4.25. The molecule has 0 radical (unpaired) electrons. The molecule has 0 atom stereocenters. The number of hydrogen-bond acceptors (Lipinski definition) is 3. The molecule has 0 bridgehead atoms. The first-order chi connectivity index (χ1) is 9.81. The van der Waals surface area contributed by atoms with E-state index in [1.807, 2.05) is 11.4 Å². The Morgan fingerprint density at radius 1 is 1.05 bits per heavy atom. The van der Waals surface area contributed by atoms with Gasteiger partial charge in [-0.1, -0.05) is 26.7 Å². The van der Waals surface area contributed by atoms with Crippen LogP contribution in [0.15, 0.2) is 28.3 Å². The van der Waals surface area contributed by atoms with Gasteiger partial charge in [-0.3, -0.25) is 4.79 Å². The summed E-state index contributed by atoms with van der Waals surface area (Å²) in [4.78, 5) is 11.4. The highest BCUT2D eigenvalue weighted by Crippen LogP contribution is 2.16. The largest absolute Gasteiger partial charge is 0.297 e. The molecule has 0 fully saturated rings. The first kappa shape index (κ1) is 17.1. The Kier molecular flexibility index (Phi) is 9.25. The average molecular weight is 309 g/mol. The third-order valence-corrected chi connectivity index (χ3v) is 4.70. The second-order valence-electron chi connectivity index (χ2n) is 4.77. The maximum Gasteiger partial charge on any atom is 0.160 e. The van der Waals surface area contributed by atoms with Gasteiger partial charge >= 0.3 is 0 Å². The summed E-state index contributed by atoms with van der Waals surface area (Å²) in [6.07, 6.45) is 8.27. The van der Waals surface area contributed by atoms with Crippen LogP contribution < -0.4 is 0 Å². The standard InChI is InChI=1S/C9H12OS.C8H12S/c1-2-3-4-8-5-6-11-9(8)7-10;1-2-3-4-8-5-6-9-7-8/h5-7H,2-4H2,1H3;5-7H,2-4H2,1H3. The van der Waals surface area contributed by atoms with Crippen molar-refractivity contribution in [1.29, 1.82) is 0 Å². The Hall–Kier alpha value is -0.930. The molecule has 0 aromatic carbocycles. The molecule has 2 rings (SSSR count). The first-order valence-corrected chi connectivity index (χ1v) is 9.16. The molecule has 2 aromatic rings. The van der Waals surface area contributed by atoms with Gasteiger partial charge in [-0.2, -0.15) is 11.3 Å². The monoisotopic (exact) mass is 308 g/mol. The van der Waals surface area contributed by atoms with Crippen LogP contribution in [0.2, 0.25) is 0 Å². The van der Waals surface area contributed by atoms with Gasteiger partial charge in [0.1, 0.15) is 0 Å². The number of thiophene rings is 2. The Morgan fingerprint density at radius 3 is 2.40 bits per heavy atom. The molecule has 0 amide bonds. The molecule has 0 aliphatic carbocycles. The average Bonchev–Trinajstić information content (AvgIpc) is 3.14. The SMILES string of the molecule is CCCCc1ccsc1.CCCCc1ccsc1C=O. The van der Waals surface area contributed by atoms with E-state index in [9.17, 15) is 4.79 Å². The minimum atomic E-state index is 0.901. The fourth-order valence-corrected chi connectivity index (χ4v) is 3.30. The molecule has 0 spiro atoms. The van der Waals surface area contributed by atoms with Crippen molar-refractivity contribution in [3.63, 3.8) is 0 Å². The fourth-order valence-electron chi connectivity index (χ4n) is 1.84. The predicted octanol–water partition coefficient (Wildman–Crippen LogP) is 5.99. The summed E-state index contributed by atoms with van der Waals surface area (Å²) in [7, 11) is 0. The molecule has 1 nitrogen and oxygen atoms in total. The Balaban J connectivity index is 0.000000204. The number of carbonyl (C=O) groups is 1. The van der Waals surface area contributed by atoms with Crippen molar-refractivity contribution in [3.8, 4) is 0 Å². The van der Waals surface area contributed by atoms with E-state index in [1.165, 1.54) is 54.6 Å². The van der Waals surface area contributed by atoms with E-state index >= 15 is 0 Å². The van der Waals surface area contributed by atoms with Crippen LogP contribution in [-0.4, -0.2) is 6.29 Å². The van der Waals surface area contributed by atoms with Crippen molar-refractivity contribution in [1.82, 2.24) is 0 Å². The van der Waals surface area contributed by atoms with Crippen LogP contribution in [0.25, 0.3) is 0 Å². The van der Waals surface area contributed by atoms with Gasteiger partial charge in [0.05, 0.1) is 4.88 Å². The maximum atomic E-state index is 10.5. The van der Waals surface area contributed by atoms with E-state index in [1.54, 1.807) is 11.3 Å². The van der Waals surface area contributed by atoms with Gasteiger partial charge in [-0.25, -0.2) is 0 Å². The summed E-state index contributed by atoms with van der Waals surface area (Å²) in [5.74, 6) is 0. The lowest BCUT2D eigenvalue weighted by molar-refractivity contribution is 0.112. The zero-order chi connectivity index (χ0) is 14.6. The van der Waals surface area contributed by atoms with Crippen LogP contribution in [0.4, 0.5) is 0 Å². The molecule has 0 aliphatic rings. The smallest absolute Gasteiger partial charge is 0.160 e. The van der Waals surface area contributed by atoms with E-state index in [-0.39, 0.29) is 0 Å². The van der Waals surface area contributed by atoms with E-state index in [4.69, 9.17) is 0 Å². The van der Waals surface area contributed by atoms with Crippen molar-refractivity contribution in [2.75, 3.05) is 0 Å². The van der Waals surface area contributed by atoms with Crippen molar-refractivity contribution < 1.29 is 4.79 Å². The number of carbonyl (C=O) groups excluding carboxylic acids is 1. The number of unbranched alkanes of at least 4 members (excludes halogenated alkanes) is 2. The van der Waals surface area contributed by atoms with Crippen molar-refractivity contribution >= 4 is 29.0 Å². The molecule has 2 heterocycles. The maximum absolute atomic E-state index is 10.5.